The van der Waals surface area contributed by atoms with Gasteiger partial charge in [-0.2, -0.15) is 4.31 Å². The lowest BCUT2D eigenvalue weighted by molar-refractivity contribution is -0.160. The fraction of sp³-hybridized carbons (Fsp3) is 0.522. The van der Waals surface area contributed by atoms with Crippen molar-refractivity contribution < 1.29 is 27.5 Å². The van der Waals surface area contributed by atoms with E-state index in [-0.39, 0.29) is 30.1 Å². The summed E-state index contributed by atoms with van der Waals surface area (Å²) in [5.41, 5.74) is 0.900. The first-order chi connectivity index (χ1) is 16.2. The number of amides is 1. The molecule has 10 nitrogen and oxygen atoms in total. The maximum atomic E-state index is 12.8. The Kier molecular flexibility index (Phi) is 6.94. The minimum absolute atomic E-state index is 0.00788. The highest BCUT2D eigenvalue weighted by Gasteiger charge is 2.35. The summed E-state index contributed by atoms with van der Waals surface area (Å²) in [5.74, 6) is 0.0251. The van der Waals surface area contributed by atoms with Crippen LogP contribution in [0.2, 0.25) is 0 Å². The number of benzene rings is 1. The Bertz CT molecular complexity index is 1150. The van der Waals surface area contributed by atoms with Gasteiger partial charge in [0.05, 0.1) is 18.6 Å². The molecule has 1 fully saturated rings. The standard InChI is InChI=1S/C23H30N4O6S/c1-15(22(28)25-19-10-13-32-20-7-5-4-6-18(19)20)33-23(29)17-8-11-27(12-9-17)34(30,31)21-14-26(3)16(2)24-21/h4-7,14-15,17,19H,8-13H2,1-3H3,(H,25,28). The Hall–Kier alpha value is -2.92. The van der Waals surface area contributed by atoms with Gasteiger partial charge >= 0.3 is 5.97 Å². The van der Waals surface area contributed by atoms with Gasteiger partial charge in [-0.1, -0.05) is 18.2 Å². The molecule has 2 aromatic rings. The summed E-state index contributed by atoms with van der Waals surface area (Å²) in [6, 6.07) is 7.32. The third kappa shape index (κ3) is 4.95. The van der Waals surface area contributed by atoms with Gasteiger partial charge in [0.25, 0.3) is 15.9 Å². The zero-order chi connectivity index (χ0) is 24.5. The molecular formula is C23H30N4O6S. The van der Waals surface area contributed by atoms with Crippen LogP contribution in [0.4, 0.5) is 0 Å². The van der Waals surface area contributed by atoms with E-state index < -0.39 is 28.0 Å². The number of hydrogen-bond donors (Lipinski definition) is 1. The number of para-hydroxylation sites is 1. The average molecular weight is 491 g/mol. The van der Waals surface area contributed by atoms with Crippen LogP contribution in [0.5, 0.6) is 5.75 Å². The number of hydrogen-bond acceptors (Lipinski definition) is 7. The van der Waals surface area contributed by atoms with Crippen LogP contribution >= 0.6 is 0 Å². The summed E-state index contributed by atoms with van der Waals surface area (Å²) in [6.45, 7) is 4.16. The lowest BCUT2D eigenvalue weighted by Crippen LogP contribution is -2.43. The number of imidazole rings is 1. The van der Waals surface area contributed by atoms with E-state index >= 15 is 0 Å². The minimum atomic E-state index is -3.72. The number of esters is 1. The van der Waals surface area contributed by atoms with Crippen molar-refractivity contribution >= 4 is 21.9 Å². The molecule has 34 heavy (non-hydrogen) atoms. The molecule has 1 aromatic carbocycles. The number of piperidine rings is 1. The number of aryl methyl sites for hydroxylation is 2. The second kappa shape index (κ2) is 9.75. The topological polar surface area (TPSA) is 120 Å². The van der Waals surface area contributed by atoms with Crippen molar-refractivity contribution in [2.24, 2.45) is 13.0 Å². The number of rotatable bonds is 6. The van der Waals surface area contributed by atoms with E-state index in [4.69, 9.17) is 9.47 Å². The van der Waals surface area contributed by atoms with Crippen LogP contribution in [0.3, 0.4) is 0 Å². The van der Waals surface area contributed by atoms with Gasteiger partial charge in [0, 0.05) is 38.3 Å². The Balaban J connectivity index is 1.29. The smallest absolute Gasteiger partial charge is 0.309 e. The molecule has 3 heterocycles. The lowest BCUT2D eigenvalue weighted by atomic mass is 9.98. The molecule has 11 heteroatoms. The molecule has 2 aliphatic heterocycles. The Labute approximate surface area is 199 Å². The van der Waals surface area contributed by atoms with E-state index in [1.807, 2.05) is 24.3 Å². The van der Waals surface area contributed by atoms with Gasteiger partial charge < -0.3 is 19.4 Å². The van der Waals surface area contributed by atoms with E-state index in [0.29, 0.717) is 31.7 Å². The van der Waals surface area contributed by atoms with Crippen LogP contribution < -0.4 is 10.1 Å². The summed E-state index contributed by atoms with van der Waals surface area (Å²) in [7, 11) is -1.98. The number of sulfonamides is 1. The van der Waals surface area contributed by atoms with Gasteiger partial charge in [-0.25, -0.2) is 13.4 Å². The van der Waals surface area contributed by atoms with E-state index in [1.165, 1.54) is 10.5 Å². The monoisotopic (exact) mass is 490 g/mol. The summed E-state index contributed by atoms with van der Waals surface area (Å²) in [4.78, 5) is 29.5. The average Bonchev–Trinajstić information content (AvgIpc) is 3.18. The maximum absolute atomic E-state index is 12.8. The summed E-state index contributed by atoms with van der Waals surface area (Å²) < 4.78 is 39.7. The Morgan fingerprint density at radius 3 is 2.59 bits per heavy atom. The van der Waals surface area contributed by atoms with Gasteiger partial charge in [0.15, 0.2) is 11.1 Å². The van der Waals surface area contributed by atoms with Crippen LogP contribution in [-0.2, 0) is 31.4 Å². The first kappa shape index (κ1) is 24.2. The SMILES string of the molecule is Cc1nc(S(=O)(=O)N2CCC(C(=O)OC(C)C(=O)NC3CCOc4ccccc43)CC2)cn1C. The first-order valence-electron chi connectivity index (χ1n) is 11.4. The summed E-state index contributed by atoms with van der Waals surface area (Å²) >= 11 is 0. The Morgan fingerprint density at radius 2 is 1.91 bits per heavy atom. The lowest BCUT2D eigenvalue weighted by Gasteiger charge is -2.30. The number of fused-ring (bicyclic) bond motifs is 1. The molecule has 2 atom stereocenters. The molecule has 0 spiro atoms. The van der Waals surface area contributed by atoms with Crippen molar-refractivity contribution in [2.45, 2.75) is 50.3 Å². The molecule has 4 rings (SSSR count). The molecule has 1 aromatic heterocycles. The van der Waals surface area contributed by atoms with Crippen molar-refractivity contribution in [3.8, 4) is 5.75 Å². The number of carbonyl (C=O) groups is 2. The molecule has 0 saturated carbocycles. The largest absolute Gasteiger partial charge is 0.493 e. The third-order valence-corrected chi connectivity index (χ3v) is 8.19. The molecular weight excluding hydrogens is 460 g/mol. The van der Waals surface area contributed by atoms with Crippen LogP contribution in [-0.4, -0.2) is 60.0 Å². The second-order valence-corrected chi connectivity index (χ2v) is 10.6. The van der Waals surface area contributed by atoms with Crippen molar-refractivity contribution in [3.05, 3.63) is 41.9 Å². The van der Waals surface area contributed by atoms with Crippen LogP contribution in [0, 0.1) is 12.8 Å². The third-order valence-electron chi connectivity index (χ3n) is 6.42. The number of carbonyl (C=O) groups excluding carboxylic acids is 2. The van der Waals surface area contributed by atoms with Gasteiger partial charge in [-0.05, 0) is 32.8 Å². The van der Waals surface area contributed by atoms with E-state index in [0.717, 1.165) is 11.3 Å². The Morgan fingerprint density at radius 1 is 1.21 bits per heavy atom. The minimum Gasteiger partial charge on any atom is -0.493 e. The van der Waals surface area contributed by atoms with Gasteiger partial charge in [-0.3, -0.25) is 9.59 Å². The highest BCUT2D eigenvalue weighted by atomic mass is 32.2. The fourth-order valence-electron chi connectivity index (χ4n) is 4.22. The van der Waals surface area contributed by atoms with Gasteiger partial charge in [-0.15, -0.1) is 0 Å². The number of ether oxygens (including phenoxy) is 2. The van der Waals surface area contributed by atoms with E-state index in [1.54, 1.807) is 25.5 Å². The first-order valence-corrected chi connectivity index (χ1v) is 12.8. The molecule has 184 valence electrons. The zero-order valence-electron chi connectivity index (χ0n) is 19.6. The highest BCUT2D eigenvalue weighted by molar-refractivity contribution is 7.89. The number of aromatic nitrogens is 2. The molecule has 0 aliphatic carbocycles. The van der Waals surface area contributed by atoms with Crippen molar-refractivity contribution in [3.63, 3.8) is 0 Å². The van der Waals surface area contributed by atoms with E-state index in [2.05, 4.69) is 10.3 Å². The fourth-order valence-corrected chi connectivity index (χ4v) is 5.71. The summed E-state index contributed by atoms with van der Waals surface area (Å²) in [5, 5.41) is 2.95. The van der Waals surface area contributed by atoms with Gasteiger partial charge in [0.1, 0.15) is 11.6 Å². The molecule has 2 aliphatic rings. The molecule has 2 unspecified atom stereocenters. The predicted octanol–water partition coefficient (Wildman–Crippen LogP) is 1.70. The molecule has 0 bridgehead atoms. The van der Waals surface area contributed by atoms with Crippen LogP contribution in [0.1, 0.15) is 43.6 Å². The van der Waals surface area contributed by atoms with E-state index in [9.17, 15) is 18.0 Å². The van der Waals surface area contributed by atoms with Crippen LogP contribution in [0.25, 0.3) is 0 Å². The highest BCUT2D eigenvalue weighted by Crippen LogP contribution is 2.31. The predicted molar refractivity (Wildman–Crippen MR) is 122 cm³/mol. The second-order valence-electron chi connectivity index (χ2n) is 8.73. The van der Waals surface area contributed by atoms with Gasteiger partial charge in [0.2, 0.25) is 0 Å². The quantitative estimate of drug-likeness (QED) is 0.612. The van der Waals surface area contributed by atoms with Crippen molar-refractivity contribution in [1.29, 1.82) is 0 Å². The molecule has 1 amide bonds. The molecule has 1 N–H and O–H groups in total. The summed E-state index contributed by atoms with van der Waals surface area (Å²) in [6.07, 6.45) is 1.81. The van der Waals surface area contributed by atoms with Crippen molar-refractivity contribution in [2.75, 3.05) is 19.7 Å². The molecule has 0 radical (unpaired) electrons. The number of nitrogens with zero attached hydrogens (tertiary/aromatic N) is 3. The maximum Gasteiger partial charge on any atom is 0.309 e. The van der Waals surface area contributed by atoms with Crippen molar-refractivity contribution in [1.82, 2.24) is 19.2 Å². The normalized spacial score (nSPS) is 20.1. The molecule has 1 saturated heterocycles. The zero-order valence-corrected chi connectivity index (χ0v) is 20.4. The van der Waals surface area contributed by atoms with Crippen LogP contribution in [0.15, 0.2) is 35.5 Å². The number of nitrogens with one attached hydrogen (secondary N) is 1.